The molecule has 3 rings (SSSR count). The van der Waals surface area contributed by atoms with Crippen molar-refractivity contribution < 1.29 is 14.2 Å². The Bertz CT molecular complexity index is 918. The van der Waals surface area contributed by atoms with Crippen LogP contribution in [0.2, 0.25) is 0 Å². The molecule has 2 aromatic carbocycles. The molecule has 0 aliphatic rings. The maximum Gasteiger partial charge on any atom is 0.294 e. The fourth-order valence-electron chi connectivity index (χ4n) is 2.71. The molecule has 1 N–H and O–H groups in total. The van der Waals surface area contributed by atoms with Crippen LogP contribution in [-0.4, -0.2) is 18.7 Å². The predicted molar refractivity (Wildman–Crippen MR) is 102 cm³/mol. The van der Waals surface area contributed by atoms with Gasteiger partial charge in [-0.25, -0.2) is 0 Å². The molecule has 3 aromatic rings. The minimum absolute atomic E-state index is 0.201. The number of hydrogen-bond donors (Lipinski definition) is 1. The van der Waals surface area contributed by atoms with Crippen molar-refractivity contribution in [2.75, 3.05) is 13.7 Å². The minimum atomic E-state index is -0.313. The van der Waals surface area contributed by atoms with Gasteiger partial charge in [-0.3, -0.25) is 4.79 Å². The number of H-pyrrole nitrogens is 1. The molecule has 0 radical (unpaired) electrons. The summed E-state index contributed by atoms with van der Waals surface area (Å²) in [6.45, 7) is 3.09. The highest BCUT2D eigenvalue weighted by molar-refractivity contribution is 5.88. The molecule has 1 heterocycles. The molecule has 0 fully saturated rings. The van der Waals surface area contributed by atoms with Crippen LogP contribution in [0.1, 0.15) is 25.3 Å². The van der Waals surface area contributed by atoms with E-state index >= 15 is 0 Å². The Morgan fingerprint density at radius 2 is 1.81 bits per heavy atom. The number of ether oxygens (including phenoxy) is 3. The van der Waals surface area contributed by atoms with E-state index in [-0.39, 0.29) is 11.3 Å². The summed E-state index contributed by atoms with van der Waals surface area (Å²) in [6.07, 6.45) is 1.93. The van der Waals surface area contributed by atoms with Crippen molar-refractivity contribution in [1.82, 2.24) is 4.98 Å². The second-order valence-corrected chi connectivity index (χ2v) is 6.00. The van der Waals surface area contributed by atoms with Crippen LogP contribution in [0.5, 0.6) is 17.2 Å². The lowest BCUT2D eigenvalue weighted by Crippen LogP contribution is -2.12. The number of rotatable bonds is 8. The number of nitrogens with one attached hydrogen (secondary N) is 1. The van der Waals surface area contributed by atoms with E-state index in [1.165, 1.54) is 7.11 Å². The molecule has 136 valence electrons. The summed E-state index contributed by atoms with van der Waals surface area (Å²) in [5.74, 6) is 1.36. The fraction of sp³-hybridized carbons (Fsp3) is 0.286. The Morgan fingerprint density at radius 1 is 1.00 bits per heavy atom. The quantitative estimate of drug-likeness (QED) is 0.614. The number of aromatic amines is 1. The van der Waals surface area contributed by atoms with Crippen LogP contribution in [-0.2, 0) is 6.61 Å². The average molecular weight is 353 g/mol. The van der Waals surface area contributed by atoms with Gasteiger partial charge in [-0.1, -0.05) is 43.7 Å². The monoisotopic (exact) mass is 353 g/mol. The van der Waals surface area contributed by atoms with Gasteiger partial charge in [0.05, 0.1) is 19.2 Å². The lowest BCUT2D eigenvalue weighted by Gasteiger charge is -2.14. The Labute approximate surface area is 152 Å². The van der Waals surface area contributed by atoms with Gasteiger partial charge < -0.3 is 19.2 Å². The maximum atomic E-state index is 12.3. The Hall–Kier alpha value is -2.95. The molecule has 0 amide bonds. The third-order valence-electron chi connectivity index (χ3n) is 4.09. The topological polar surface area (TPSA) is 60.5 Å². The lowest BCUT2D eigenvalue weighted by atomic mass is 10.2. The van der Waals surface area contributed by atoms with Crippen LogP contribution in [0.3, 0.4) is 0 Å². The standard InChI is InChI=1S/C21H23NO4/c1-3-4-12-25-19-17-11-10-16(26-14-15-8-6-5-7-9-15)13-18(17)22-21(23)20(19)24-2/h5-11,13H,3-4,12,14H2,1-2H3,(H,22,23). The Kier molecular flexibility index (Phi) is 5.79. The average Bonchev–Trinajstić information content (AvgIpc) is 2.67. The first kappa shape index (κ1) is 17.9. The second kappa shape index (κ2) is 8.43. The fourth-order valence-corrected chi connectivity index (χ4v) is 2.71. The van der Waals surface area contributed by atoms with Crippen molar-refractivity contribution in [3.05, 3.63) is 64.4 Å². The van der Waals surface area contributed by atoms with E-state index in [2.05, 4.69) is 11.9 Å². The molecule has 0 bridgehead atoms. The van der Waals surface area contributed by atoms with E-state index in [9.17, 15) is 4.79 Å². The molecule has 5 heteroatoms. The summed E-state index contributed by atoms with van der Waals surface area (Å²) in [5, 5.41) is 0.796. The number of pyridine rings is 1. The number of benzene rings is 2. The molecule has 0 saturated carbocycles. The predicted octanol–water partition coefficient (Wildman–Crippen LogP) is 4.29. The number of fused-ring (bicyclic) bond motifs is 1. The van der Waals surface area contributed by atoms with Crippen molar-refractivity contribution >= 4 is 10.9 Å². The van der Waals surface area contributed by atoms with Crippen molar-refractivity contribution in [1.29, 1.82) is 0 Å². The van der Waals surface area contributed by atoms with Gasteiger partial charge in [0.2, 0.25) is 5.75 Å². The van der Waals surface area contributed by atoms with Gasteiger partial charge in [0.25, 0.3) is 5.56 Å². The summed E-state index contributed by atoms with van der Waals surface area (Å²) >= 11 is 0. The summed E-state index contributed by atoms with van der Waals surface area (Å²) in [7, 11) is 1.47. The van der Waals surface area contributed by atoms with Crippen LogP contribution in [0, 0.1) is 0 Å². The van der Waals surface area contributed by atoms with Crippen LogP contribution < -0.4 is 19.8 Å². The number of methoxy groups -OCH3 is 1. The zero-order chi connectivity index (χ0) is 18.4. The number of unbranched alkanes of at least 4 members (excludes halogenated alkanes) is 1. The number of aromatic nitrogens is 1. The largest absolute Gasteiger partial charge is 0.489 e. The van der Waals surface area contributed by atoms with Crippen LogP contribution in [0.15, 0.2) is 53.3 Å². The highest BCUT2D eigenvalue weighted by atomic mass is 16.5. The van der Waals surface area contributed by atoms with E-state index in [1.807, 2.05) is 48.5 Å². The van der Waals surface area contributed by atoms with E-state index in [0.29, 0.717) is 30.2 Å². The van der Waals surface area contributed by atoms with Gasteiger partial charge >= 0.3 is 0 Å². The summed E-state index contributed by atoms with van der Waals surface area (Å²) < 4.78 is 16.9. The Balaban J connectivity index is 1.90. The maximum absolute atomic E-state index is 12.3. The third-order valence-corrected chi connectivity index (χ3v) is 4.09. The van der Waals surface area contributed by atoms with Crippen LogP contribution >= 0.6 is 0 Å². The molecule has 0 atom stereocenters. The lowest BCUT2D eigenvalue weighted by molar-refractivity contribution is 0.290. The highest BCUT2D eigenvalue weighted by Gasteiger charge is 2.15. The number of hydrogen-bond acceptors (Lipinski definition) is 4. The SMILES string of the molecule is CCCCOc1c(OC)c(=O)[nH]c2cc(OCc3ccccc3)ccc12. The zero-order valence-corrected chi connectivity index (χ0v) is 15.1. The van der Waals surface area contributed by atoms with Gasteiger partial charge in [-0.2, -0.15) is 0 Å². The molecule has 0 aliphatic heterocycles. The molecule has 1 aromatic heterocycles. The van der Waals surface area contributed by atoms with Crippen LogP contribution in [0.4, 0.5) is 0 Å². The van der Waals surface area contributed by atoms with E-state index in [0.717, 1.165) is 23.8 Å². The molecule has 0 unspecified atom stereocenters. The molecular formula is C21H23NO4. The zero-order valence-electron chi connectivity index (χ0n) is 15.1. The summed E-state index contributed by atoms with van der Waals surface area (Å²) in [4.78, 5) is 15.1. The smallest absolute Gasteiger partial charge is 0.294 e. The van der Waals surface area contributed by atoms with Gasteiger partial charge in [0, 0.05) is 11.5 Å². The van der Waals surface area contributed by atoms with Crippen molar-refractivity contribution in [2.45, 2.75) is 26.4 Å². The molecular weight excluding hydrogens is 330 g/mol. The van der Waals surface area contributed by atoms with Crippen molar-refractivity contribution in [2.24, 2.45) is 0 Å². The van der Waals surface area contributed by atoms with Crippen molar-refractivity contribution in [3.8, 4) is 17.2 Å². The minimum Gasteiger partial charge on any atom is -0.489 e. The molecule has 0 saturated heterocycles. The van der Waals surface area contributed by atoms with E-state index in [1.54, 1.807) is 0 Å². The van der Waals surface area contributed by atoms with Gasteiger partial charge in [-0.05, 0) is 24.1 Å². The second-order valence-electron chi connectivity index (χ2n) is 6.00. The van der Waals surface area contributed by atoms with E-state index in [4.69, 9.17) is 14.2 Å². The first-order valence-electron chi connectivity index (χ1n) is 8.76. The highest BCUT2D eigenvalue weighted by Crippen LogP contribution is 2.33. The first-order valence-corrected chi connectivity index (χ1v) is 8.76. The summed E-state index contributed by atoms with van der Waals surface area (Å²) in [6, 6.07) is 15.5. The normalized spacial score (nSPS) is 10.7. The Morgan fingerprint density at radius 3 is 2.54 bits per heavy atom. The van der Waals surface area contributed by atoms with Crippen molar-refractivity contribution in [3.63, 3.8) is 0 Å². The van der Waals surface area contributed by atoms with Gasteiger partial charge in [0.15, 0.2) is 5.75 Å². The molecule has 0 spiro atoms. The molecule has 0 aliphatic carbocycles. The third kappa shape index (κ3) is 3.99. The van der Waals surface area contributed by atoms with Gasteiger partial charge in [-0.15, -0.1) is 0 Å². The summed E-state index contributed by atoms with van der Waals surface area (Å²) in [5.41, 5.74) is 1.43. The molecule has 5 nitrogen and oxygen atoms in total. The van der Waals surface area contributed by atoms with Crippen LogP contribution in [0.25, 0.3) is 10.9 Å². The molecule has 26 heavy (non-hydrogen) atoms. The van der Waals surface area contributed by atoms with E-state index < -0.39 is 0 Å². The first-order chi connectivity index (χ1) is 12.7. The van der Waals surface area contributed by atoms with Gasteiger partial charge in [0.1, 0.15) is 12.4 Å².